The van der Waals surface area contributed by atoms with Crippen molar-refractivity contribution in [2.24, 2.45) is 5.41 Å². The summed E-state index contributed by atoms with van der Waals surface area (Å²) in [5.41, 5.74) is 1.42. The number of imidazole rings is 1. The first-order valence-corrected chi connectivity index (χ1v) is 8.01. The number of hydrogen-bond donors (Lipinski definition) is 1. The van der Waals surface area contributed by atoms with E-state index in [-0.39, 0.29) is 22.7 Å². The first-order valence-electron chi connectivity index (χ1n) is 8.01. The standard InChI is InChI=1S/C18H26FN3O/c1-7-13-15(22-10-12(19)8-9-14(22)20-13)16(23)21-18(5,6)11-17(2,3)4/h8-10H,7,11H2,1-6H3,(H,21,23). The highest BCUT2D eigenvalue weighted by atomic mass is 19.1. The van der Waals surface area contributed by atoms with Crippen LogP contribution in [0.3, 0.4) is 0 Å². The summed E-state index contributed by atoms with van der Waals surface area (Å²) in [7, 11) is 0. The van der Waals surface area contributed by atoms with Crippen molar-refractivity contribution in [3.05, 3.63) is 35.5 Å². The number of halogens is 1. The van der Waals surface area contributed by atoms with E-state index in [0.29, 0.717) is 23.5 Å². The topological polar surface area (TPSA) is 46.4 Å². The van der Waals surface area contributed by atoms with Crippen molar-refractivity contribution in [2.75, 3.05) is 0 Å². The SMILES string of the molecule is CCc1nc2ccc(F)cn2c1C(=O)NC(C)(C)CC(C)(C)C. The van der Waals surface area contributed by atoms with Gasteiger partial charge in [0.15, 0.2) is 0 Å². The van der Waals surface area contributed by atoms with Crippen molar-refractivity contribution in [3.8, 4) is 0 Å². The van der Waals surface area contributed by atoms with Crippen LogP contribution in [-0.4, -0.2) is 20.8 Å². The van der Waals surface area contributed by atoms with E-state index in [0.717, 1.165) is 6.42 Å². The van der Waals surface area contributed by atoms with E-state index in [1.807, 2.05) is 20.8 Å². The van der Waals surface area contributed by atoms with E-state index in [9.17, 15) is 9.18 Å². The number of fused-ring (bicyclic) bond motifs is 1. The lowest BCUT2D eigenvalue weighted by molar-refractivity contribution is 0.0884. The predicted molar refractivity (Wildman–Crippen MR) is 90.1 cm³/mol. The van der Waals surface area contributed by atoms with Gasteiger partial charge in [0.1, 0.15) is 17.2 Å². The molecule has 4 nitrogen and oxygen atoms in total. The largest absolute Gasteiger partial charge is 0.346 e. The maximum Gasteiger partial charge on any atom is 0.270 e. The number of aromatic nitrogens is 2. The fourth-order valence-corrected chi connectivity index (χ4v) is 3.29. The van der Waals surface area contributed by atoms with Crippen molar-refractivity contribution in [1.29, 1.82) is 0 Å². The summed E-state index contributed by atoms with van der Waals surface area (Å²) in [6.07, 6.45) is 2.76. The van der Waals surface area contributed by atoms with Gasteiger partial charge in [0, 0.05) is 11.7 Å². The first kappa shape index (κ1) is 17.4. The summed E-state index contributed by atoms with van der Waals surface area (Å²) in [4.78, 5) is 17.3. The van der Waals surface area contributed by atoms with Crippen LogP contribution in [0.25, 0.3) is 5.65 Å². The van der Waals surface area contributed by atoms with Crippen LogP contribution in [0.15, 0.2) is 18.3 Å². The van der Waals surface area contributed by atoms with Gasteiger partial charge in [-0.25, -0.2) is 9.37 Å². The molecule has 0 aliphatic heterocycles. The second-order valence-corrected chi connectivity index (χ2v) is 7.91. The maximum absolute atomic E-state index is 13.6. The van der Waals surface area contributed by atoms with Crippen LogP contribution in [0.5, 0.6) is 0 Å². The third-order valence-electron chi connectivity index (χ3n) is 3.63. The minimum atomic E-state index is -0.388. The van der Waals surface area contributed by atoms with E-state index in [4.69, 9.17) is 0 Å². The lowest BCUT2D eigenvalue weighted by Gasteiger charge is -2.33. The van der Waals surface area contributed by atoms with Crippen LogP contribution in [0.1, 0.15) is 64.1 Å². The Morgan fingerprint density at radius 2 is 1.91 bits per heavy atom. The lowest BCUT2D eigenvalue weighted by atomic mass is 9.82. The monoisotopic (exact) mass is 319 g/mol. The van der Waals surface area contributed by atoms with Gasteiger partial charge in [-0.1, -0.05) is 27.7 Å². The second-order valence-electron chi connectivity index (χ2n) is 7.91. The highest BCUT2D eigenvalue weighted by Gasteiger charge is 2.29. The zero-order valence-corrected chi connectivity index (χ0v) is 14.8. The van der Waals surface area contributed by atoms with E-state index >= 15 is 0 Å². The smallest absolute Gasteiger partial charge is 0.270 e. The molecule has 2 aromatic rings. The predicted octanol–water partition coefficient (Wildman–Crippen LogP) is 3.98. The van der Waals surface area contributed by atoms with Crippen LogP contribution in [0.4, 0.5) is 4.39 Å². The summed E-state index contributed by atoms with van der Waals surface area (Å²) < 4.78 is 15.1. The third-order valence-corrected chi connectivity index (χ3v) is 3.63. The Morgan fingerprint density at radius 1 is 1.26 bits per heavy atom. The van der Waals surface area contributed by atoms with Crippen LogP contribution in [0.2, 0.25) is 0 Å². The summed E-state index contributed by atoms with van der Waals surface area (Å²) >= 11 is 0. The molecule has 2 heterocycles. The lowest BCUT2D eigenvalue weighted by Crippen LogP contribution is -2.46. The van der Waals surface area contributed by atoms with Crippen LogP contribution < -0.4 is 5.32 Å². The number of carbonyl (C=O) groups is 1. The molecule has 0 bridgehead atoms. The third kappa shape index (κ3) is 4.09. The zero-order valence-electron chi connectivity index (χ0n) is 14.8. The van der Waals surface area contributed by atoms with Crippen LogP contribution >= 0.6 is 0 Å². The molecule has 2 rings (SSSR count). The zero-order chi connectivity index (χ0) is 17.4. The fourth-order valence-electron chi connectivity index (χ4n) is 3.29. The van der Waals surface area contributed by atoms with E-state index in [2.05, 4.69) is 31.1 Å². The minimum Gasteiger partial charge on any atom is -0.346 e. The summed E-state index contributed by atoms with van der Waals surface area (Å²) in [6, 6.07) is 2.94. The molecule has 0 radical (unpaired) electrons. The molecule has 0 aliphatic carbocycles. The highest BCUT2D eigenvalue weighted by molar-refractivity contribution is 5.95. The van der Waals surface area contributed by atoms with Gasteiger partial charge >= 0.3 is 0 Å². The highest BCUT2D eigenvalue weighted by Crippen LogP contribution is 2.27. The molecule has 5 heteroatoms. The molecule has 23 heavy (non-hydrogen) atoms. The molecule has 0 unspecified atom stereocenters. The minimum absolute atomic E-state index is 0.0932. The van der Waals surface area contributed by atoms with Crippen molar-refractivity contribution in [1.82, 2.24) is 14.7 Å². The Balaban J connectivity index is 2.39. The second kappa shape index (κ2) is 5.95. The molecule has 1 amide bonds. The van der Waals surface area contributed by atoms with Crippen molar-refractivity contribution in [3.63, 3.8) is 0 Å². The number of aryl methyl sites for hydroxylation is 1. The molecule has 0 aromatic carbocycles. The van der Waals surface area contributed by atoms with E-state index in [1.54, 1.807) is 6.07 Å². The molecule has 0 fully saturated rings. The molecule has 0 saturated heterocycles. The Hall–Kier alpha value is -1.91. The van der Waals surface area contributed by atoms with E-state index < -0.39 is 0 Å². The van der Waals surface area contributed by atoms with Crippen molar-refractivity contribution >= 4 is 11.6 Å². The van der Waals surface area contributed by atoms with Gasteiger partial charge in [0.25, 0.3) is 5.91 Å². The number of pyridine rings is 1. The van der Waals surface area contributed by atoms with Crippen LogP contribution in [0, 0.1) is 11.2 Å². The number of nitrogens with zero attached hydrogens (tertiary/aromatic N) is 2. The fraction of sp³-hybridized carbons (Fsp3) is 0.556. The van der Waals surface area contributed by atoms with Gasteiger partial charge in [-0.3, -0.25) is 9.20 Å². The summed E-state index contributed by atoms with van der Waals surface area (Å²) in [5.74, 6) is -0.602. The Bertz CT molecular complexity index is 726. The van der Waals surface area contributed by atoms with Crippen molar-refractivity contribution < 1.29 is 9.18 Å². The number of rotatable bonds is 4. The van der Waals surface area contributed by atoms with Gasteiger partial charge in [0.05, 0.1) is 5.69 Å². The number of carbonyl (C=O) groups excluding carboxylic acids is 1. The molecule has 0 spiro atoms. The van der Waals surface area contributed by atoms with E-state index in [1.165, 1.54) is 16.7 Å². The maximum atomic E-state index is 13.6. The van der Waals surface area contributed by atoms with Gasteiger partial charge in [-0.05, 0) is 44.2 Å². The Morgan fingerprint density at radius 3 is 2.48 bits per heavy atom. The van der Waals surface area contributed by atoms with Crippen molar-refractivity contribution in [2.45, 2.75) is 59.9 Å². The molecule has 0 atom stereocenters. The van der Waals surface area contributed by atoms with Gasteiger partial charge in [0.2, 0.25) is 0 Å². The summed E-state index contributed by atoms with van der Waals surface area (Å²) in [6.45, 7) is 12.4. The number of amides is 1. The quantitative estimate of drug-likeness (QED) is 0.926. The number of hydrogen-bond acceptors (Lipinski definition) is 2. The Labute approximate surface area is 137 Å². The molecule has 126 valence electrons. The number of nitrogens with one attached hydrogen (secondary N) is 1. The van der Waals surface area contributed by atoms with Crippen LogP contribution in [-0.2, 0) is 6.42 Å². The van der Waals surface area contributed by atoms with Gasteiger partial charge in [-0.15, -0.1) is 0 Å². The molecular weight excluding hydrogens is 293 g/mol. The molecular formula is C18H26FN3O. The first-order chi connectivity index (χ1) is 10.5. The Kier molecular flexibility index (Phi) is 4.51. The van der Waals surface area contributed by atoms with Gasteiger partial charge < -0.3 is 5.32 Å². The average Bonchev–Trinajstić information content (AvgIpc) is 2.72. The molecule has 0 aliphatic rings. The summed E-state index contributed by atoms with van der Waals surface area (Å²) in [5, 5.41) is 3.08. The van der Waals surface area contributed by atoms with Gasteiger partial charge in [-0.2, -0.15) is 0 Å². The average molecular weight is 319 g/mol. The molecule has 0 saturated carbocycles. The molecule has 2 aromatic heterocycles. The normalized spacial score (nSPS) is 12.7. The molecule has 1 N–H and O–H groups in total.